The van der Waals surface area contributed by atoms with Crippen molar-refractivity contribution in [2.45, 2.75) is 42.5 Å². The number of alkyl halides is 4. The topological polar surface area (TPSA) is 23.5 Å². The quantitative estimate of drug-likeness (QED) is 0.806. The van der Waals surface area contributed by atoms with Crippen LogP contribution in [0.2, 0.25) is 0 Å². The maximum Gasteiger partial charge on any atom is 0.432 e. The van der Waals surface area contributed by atoms with E-state index in [2.05, 4.69) is 15.9 Å². The number of benzene rings is 1. The molecule has 1 saturated heterocycles. The number of halogens is 4. The molecule has 2 fully saturated rings. The minimum atomic E-state index is -4.71. The van der Waals surface area contributed by atoms with Crippen LogP contribution in [0, 0.1) is 5.41 Å². The summed E-state index contributed by atoms with van der Waals surface area (Å²) in [7, 11) is 0. The smallest absolute Gasteiger partial charge is 0.366 e. The van der Waals surface area contributed by atoms with Crippen molar-refractivity contribution in [1.82, 2.24) is 4.90 Å². The molecule has 0 aromatic heterocycles. The van der Waals surface area contributed by atoms with E-state index in [1.54, 1.807) is 38.1 Å². The monoisotopic (exact) mass is 363 g/mol. The minimum absolute atomic E-state index is 0.213. The molecule has 116 valence electrons. The highest BCUT2D eigenvalue weighted by Gasteiger charge is 2.87. The Hall–Kier alpha value is -0.590. The van der Waals surface area contributed by atoms with Gasteiger partial charge in [-0.15, -0.1) is 0 Å². The second-order valence-electron chi connectivity index (χ2n) is 6.42. The molecule has 1 aromatic carbocycles. The highest BCUT2D eigenvalue weighted by atomic mass is 79.9. The maximum absolute atomic E-state index is 13.6. The van der Waals surface area contributed by atoms with E-state index in [1.807, 2.05) is 6.07 Å². The summed E-state index contributed by atoms with van der Waals surface area (Å²) in [6.07, 6.45) is -4.39. The van der Waals surface area contributed by atoms with Gasteiger partial charge >= 0.3 is 6.18 Å². The van der Waals surface area contributed by atoms with Crippen LogP contribution in [0.15, 0.2) is 30.3 Å². The lowest BCUT2D eigenvalue weighted by Crippen LogP contribution is -2.62. The van der Waals surface area contributed by atoms with Crippen molar-refractivity contribution >= 4 is 15.9 Å². The largest absolute Gasteiger partial charge is 0.432 e. The van der Waals surface area contributed by atoms with Crippen molar-refractivity contribution in [3.05, 3.63) is 35.9 Å². The Balaban J connectivity index is 2.03. The van der Waals surface area contributed by atoms with Crippen molar-refractivity contribution < 1.29 is 18.3 Å². The van der Waals surface area contributed by atoms with Gasteiger partial charge in [-0.25, -0.2) is 0 Å². The van der Waals surface area contributed by atoms with Gasteiger partial charge in [0.15, 0.2) is 0 Å². The van der Waals surface area contributed by atoms with E-state index in [9.17, 15) is 18.3 Å². The maximum atomic E-state index is 13.6. The number of rotatable bonds is 2. The van der Waals surface area contributed by atoms with Gasteiger partial charge in [-0.05, 0) is 18.9 Å². The van der Waals surface area contributed by atoms with Gasteiger partial charge < -0.3 is 5.11 Å². The number of aliphatic hydroxyl groups is 1. The van der Waals surface area contributed by atoms with Crippen LogP contribution in [0.5, 0.6) is 0 Å². The predicted octanol–water partition coefficient (Wildman–Crippen LogP) is 3.86. The third-order valence-corrected chi connectivity index (χ3v) is 6.89. The van der Waals surface area contributed by atoms with E-state index in [0.717, 1.165) is 5.56 Å². The summed E-state index contributed by atoms with van der Waals surface area (Å²) in [6, 6.07) is 8.46. The van der Waals surface area contributed by atoms with Gasteiger partial charge in [0.2, 0.25) is 5.72 Å². The fourth-order valence-electron chi connectivity index (χ4n) is 3.65. The van der Waals surface area contributed by atoms with Gasteiger partial charge in [0, 0.05) is 18.0 Å². The number of piperidine rings is 1. The number of likely N-dealkylation sites (tertiary alicyclic amines) is 1. The Labute approximate surface area is 130 Å². The van der Waals surface area contributed by atoms with Crippen molar-refractivity contribution in [3.63, 3.8) is 0 Å². The molecular weight excluding hydrogens is 347 g/mol. The molecule has 3 rings (SSSR count). The van der Waals surface area contributed by atoms with E-state index in [-0.39, 0.29) is 6.54 Å². The molecule has 1 saturated carbocycles. The average Bonchev–Trinajstić information content (AvgIpc) is 2.92. The first-order chi connectivity index (χ1) is 9.57. The third-order valence-electron chi connectivity index (χ3n) is 5.10. The summed E-state index contributed by atoms with van der Waals surface area (Å²) >= 11 is 3.20. The highest BCUT2D eigenvalue weighted by Crippen LogP contribution is 2.76. The molecule has 1 aliphatic carbocycles. The standard InChI is InChI=1S/C15H17BrF3NO/c1-10(11-6-4-3-5-7-11)20-9-12(2)8-13(12,16)14(20,21)15(17,18)19/h3-7,10,21H,8-9H2,1-2H3/t10-,12+,13-,14+/m1/s1. The van der Waals surface area contributed by atoms with Crippen LogP contribution in [0.25, 0.3) is 0 Å². The van der Waals surface area contributed by atoms with Crippen LogP contribution in [0.4, 0.5) is 13.2 Å². The van der Waals surface area contributed by atoms with Gasteiger partial charge in [0.25, 0.3) is 0 Å². The molecule has 1 heterocycles. The fourth-order valence-corrected chi connectivity index (χ4v) is 4.85. The van der Waals surface area contributed by atoms with Crippen LogP contribution in [-0.2, 0) is 0 Å². The fraction of sp³-hybridized carbons (Fsp3) is 0.600. The molecule has 1 aromatic rings. The lowest BCUT2D eigenvalue weighted by molar-refractivity contribution is -0.315. The van der Waals surface area contributed by atoms with E-state index in [4.69, 9.17) is 0 Å². The average molecular weight is 364 g/mol. The molecule has 0 unspecified atom stereocenters. The second-order valence-corrected chi connectivity index (χ2v) is 7.78. The predicted molar refractivity (Wildman–Crippen MR) is 76.9 cm³/mol. The van der Waals surface area contributed by atoms with Crippen molar-refractivity contribution in [3.8, 4) is 0 Å². The van der Waals surface area contributed by atoms with Crippen molar-refractivity contribution in [2.75, 3.05) is 6.54 Å². The van der Waals surface area contributed by atoms with Gasteiger partial charge in [-0.2, -0.15) is 13.2 Å². The molecule has 0 bridgehead atoms. The SMILES string of the molecule is C[C@H](c1ccccc1)N1C[C@]2(C)C[C@]2(Br)[C@]1(O)C(F)(F)F. The summed E-state index contributed by atoms with van der Waals surface area (Å²) in [4.78, 5) is 1.18. The first-order valence-corrected chi connectivity index (χ1v) is 7.66. The van der Waals surface area contributed by atoms with Gasteiger partial charge in [-0.1, -0.05) is 53.2 Å². The van der Waals surface area contributed by atoms with E-state index >= 15 is 0 Å². The van der Waals surface area contributed by atoms with E-state index in [1.165, 1.54) is 4.90 Å². The Morgan fingerprint density at radius 2 is 1.86 bits per heavy atom. The molecule has 0 amide bonds. The van der Waals surface area contributed by atoms with Gasteiger partial charge in [0.05, 0.1) is 4.32 Å². The molecule has 0 radical (unpaired) electrons. The van der Waals surface area contributed by atoms with E-state index in [0.29, 0.717) is 6.42 Å². The normalized spacial score (nSPS) is 40.9. The van der Waals surface area contributed by atoms with Crippen LogP contribution in [-0.4, -0.2) is 32.8 Å². The Kier molecular flexibility index (Phi) is 3.09. The molecule has 2 aliphatic rings. The number of nitrogens with zero attached hydrogens (tertiary/aromatic N) is 1. The zero-order valence-electron chi connectivity index (χ0n) is 11.8. The van der Waals surface area contributed by atoms with Gasteiger partial charge in [0.1, 0.15) is 0 Å². The molecule has 2 nitrogen and oxygen atoms in total. The molecule has 1 aliphatic heterocycles. The van der Waals surface area contributed by atoms with Crippen molar-refractivity contribution in [1.29, 1.82) is 0 Å². The summed E-state index contributed by atoms with van der Waals surface area (Å²) < 4.78 is 39.6. The summed E-state index contributed by atoms with van der Waals surface area (Å²) in [6.45, 7) is 3.71. The second kappa shape index (κ2) is 4.24. The molecule has 1 N–H and O–H groups in total. The summed E-state index contributed by atoms with van der Waals surface area (Å²) in [5, 5.41) is 10.6. The Morgan fingerprint density at radius 1 is 1.29 bits per heavy atom. The lowest BCUT2D eigenvalue weighted by atomic mass is 10.0. The zero-order valence-corrected chi connectivity index (χ0v) is 13.4. The lowest BCUT2D eigenvalue weighted by Gasteiger charge is -2.43. The molecule has 0 spiro atoms. The number of hydrogen-bond donors (Lipinski definition) is 1. The molecule has 6 heteroatoms. The van der Waals surface area contributed by atoms with Crippen LogP contribution < -0.4 is 0 Å². The van der Waals surface area contributed by atoms with Crippen molar-refractivity contribution in [2.24, 2.45) is 5.41 Å². The molecule has 4 atom stereocenters. The van der Waals surface area contributed by atoms with Crippen LogP contribution in [0.3, 0.4) is 0 Å². The summed E-state index contributed by atoms with van der Waals surface area (Å²) in [5.41, 5.74) is -2.63. The molecular formula is C15H17BrF3NO. The zero-order chi connectivity index (χ0) is 15.7. The first-order valence-electron chi connectivity index (χ1n) is 6.86. The summed E-state index contributed by atoms with van der Waals surface area (Å²) in [5.74, 6) is 0. The van der Waals surface area contributed by atoms with Crippen LogP contribution in [0.1, 0.15) is 31.9 Å². The highest BCUT2D eigenvalue weighted by molar-refractivity contribution is 9.10. The minimum Gasteiger partial charge on any atom is -0.366 e. The van der Waals surface area contributed by atoms with Crippen LogP contribution >= 0.6 is 15.9 Å². The Morgan fingerprint density at radius 3 is 2.38 bits per heavy atom. The Bertz CT molecular complexity index is 566. The third kappa shape index (κ3) is 1.79. The molecule has 21 heavy (non-hydrogen) atoms. The van der Waals surface area contributed by atoms with Gasteiger partial charge in [-0.3, -0.25) is 4.90 Å². The van der Waals surface area contributed by atoms with E-state index < -0.39 is 27.7 Å². The first kappa shape index (κ1) is 15.3. The number of hydrogen-bond acceptors (Lipinski definition) is 2. The number of fused-ring (bicyclic) bond motifs is 1.